The Balaban J connectivity index is 2.10. The lowest BCUT2D eigenvalue weighted by molar-refractivity contribution is 0.702. The maximum Gasteiger partial charge on any atom is 0.00278 e. The number of hydrogen-bond donors (Lipinski definition) is 0. The Kier molecular flexibility index (Phi) is 4.01. The Labute approximate surface area is 84.9 Å². The molecule has 12 heavy (non-hydrogen) atoms. The lowest BCUT2D eigenvalue weighted by Gasteiger charge is -2.18. The Morgan fingerprint density at radius 2 is 1.83 bits per heavy atom. The van der Waals surface area contributed by atoms with Gasteiger partial charge in [0.05, 0.1) is 0 Å². The highest BCUT2D eigenvalue weighted by Gasteiger charge is 2.11. The van der Waals surface area contributed by atoms with E-state index in [1.807, 2.05) is 6.26 Å². The molecule has 0 aromatic carbocycles. The van der Waals surface area contributed by atoms with Gasteiger partial charge in [0.2, 0.25) is 0 Å². The highest BCUT2D eigenvalue weighted by molar-refractivity contribution is 8.65. The second-order valence-electron chi connectivity index (χ2n) is 3.15. The van der Waals surface area contributed by atoms with Crippen LogP contribution >= 0.6 is 29.8 Å². The average molecular weight is 225 g/mol. The van der Waals surface area contributed by atoms with E-state index in [2.05, 4.69) is 24.3 Å². The molecular weight excluding hydrogens is 211 g/mol. The molecule has 0 nitrogen and oxygen atoms in total. The third-order valence-corrected chi connectivity index (χ3v) is 3.80. The van der Waals surface area contributed by atoms with E-state index >= 15 is 0 Å². The number of halogens is 2. The molecule has 1 rings (SSSR count). The zero-order valence-electron chi connectivity index (χ0n) is 7.17. The first-order valence-corrected chi connectivity index (χ1v) is 7.94. The van der Waals surface area contributed by atoms with E-state index in [1.165, 1.54) is 6.42 Å². The zero-order valence-corrected chi connectivity index (χ0v) is 9.50. The van der Waals surface area contributed by atoms with E-state index in [9.17, 15) is 0 Å². The molecule has 0 atom stereocenters. The van der Waals surface area contributed by atoms with Crippen LogP contribution in [0, 0.1) is 5.92 Å². The molecule has 0 amide bonds. The second kappa shape index (κ2) is 4.59. The summed E-state index contributed by atoms with van der Waals surface area (Å²) in [4.78, 5) is 0. The van der Waals surface area contributed by atoms with E-state index in [0.29, 0.717) is 5.92 Å². The van der Waals surface area contributed by atoms with Gasteiger partial charge in [0, 0.05) is 5.75 Å². The van der Waals surface area contributed by atoms with Crippen LogP contribution in [0.2, 0.25) is 0 Å². The molecule has 0 spiro atoms. The zero-order chi connectivity index (χ0) is 9.03. The summed E-state index contributed by atoms with van der Waals surface area (Å²) in [6, 6.07) is 0. The predicted octanol–water partition coefficient (Wildman–Crippen LogP) is 4.25. The summed E-state index contributed by atoms with van der Waals surface area (Å²) in [6.07, 6.45) is 12.9. The van der Waals surface area contributed by atoms with Crippen LogP contribution in [0.3, 0.4) is 0 Å². The summed E-state index contributed by atoms with van der Waals surface area (Å²) in [5.74, 6) is 1.58. The molecule has 0 N–H and O–H groups in total. The molecule has 0 radical (unpaired) electrons. The Morgan fingerprint density at radius 3 is 2.33 bits per heavy atom. The largest absolute Gasteiger partial charge is 0.0873 e. The average Bonchev–Trinajstić information content (AvgIpc) is 2.36. The Hall–Kier alpha value is 0.410. The quantitative estimate of drug-likeness (QED) is 0.670. The molecule has 1 aliphatic carbocycles. The molecule has 0 aromatic heterocycles. The predicted molar refractivity (Wildman–Crippen MR) is 61.1 cm³/mol. The highest BCUT2D eigenvalue weighted by atomic mass is 36.0. The molecule has 0 unspecified atom stereocenters. The molecule has 0 saturated heterocycles. The fraction of sp³-hybridized carbons (Fsp3) is 0.556. The van der Waals surface area contributed by atoms with Crippen molar-refractivity contribution in [1.29, 1.82) is 0 Å². The van der Waals surface area contributed by atoms with Gasteiger partial charge < -0.3 is 0 Å². The van der Waals surface area contributed by atoms with Crippen LogP contribution in [0.1, 0.15) is 12.8 Å². The minimum Gasteiger partial charge on any atom is -0.0873 e. The molecule has 0 fully saturated rings. The smallest absolute Gasteiger partial charge is 0.00278 e. The topological polar surface area (TPSA) is 0 Å². The van der Waals surface area contributed by atoms with Crippen molar-refractivity contribution in [3.05, 3.63) is 24.3 Å². The van der Waals surface area contributed by atoms with Crippen molar-refractivity contribution in [1.82, 2.24) is 0 Å². The summed E-state index contributed by atoms with van der Waals surface area (Å²) < 4.78 is 0. The monoisotopic (exact) mass is 224 g/mol. The molecule has 0 bridgehead atoms. The molecular formula is C9H14Cl2S. The number of hydrogen-bond acceptors (Lipinski definition) is 0. The summed E-state index contributed by atoms with van der Waals surface area (Å²) in [6.45, 7) is 0. The van der Waals surface area contributed by atoms with E-state index < -0.39 is 8.46 Å². The van der Waals surface area contributed by atoms with E-state index in [0.717, 1.165) is 12.2 Å². The van der Waals surface area contributed by atoms with Gasteiger partial charge >= 0.3 is 0 Å². The first-order chi connectivity index (χ1) is 5.58. The van der Waals surface area contributed by atoms with Gasteiger partial charge in [-0.2, -0.15) is 0 Å². The fourth-order valence-corrected chi connectivity index (χ4v) is 2.57. The van der Waals surface area contributed by atoms with Crippen molar-refractivity contribution in [2.75, 3.05) is 12.0 Å². The van der Waals surface area contributed by atoms with Crippen LogP contribution in [0.25, 0.3) is 0 Å². The van der Waals surface area contributed by atoms with Gasteiger partial charge in [-0.1, -0.05) is 54.1 Å². The molecule has 0 saturated carbocycles. The third kappa shape index (κ3) is 4.44. The molecule has 0 aliphatic heterocycles. The summed E-state index contributed by atoms with van der Waals surface area (Å²) in [5.41, 5.74) is 0. The highest BCUT2D eigenvalue weighted by Crippen LogP contribution is 2.55. The minimum atomic E-state index is -1.32. The standard InChI is InChI=1S/C9H14Cl2S/c1-12(10,11)8-4-7-9-5-2-3-6-9/h2-3,5-6,9H,4,7-8H2,1H3. The van der Waals surface area contributed by atoms with E-state index in [-0.39, 0.29) is 0 Å². The Morgan fingerprint density at radius 1 is 1.25 bits per heavy atom. The van der Waals surface area contributed by atoms with E-state index in [1.54, 1.807) is 0 Å². The molecule has 0 aromatic rings. The van der Waals surface area contributed by atoms with Gasteiger partial charge in [0.1, 0.15) is 0 Å². The van der Waals surface area contributed by atoms with Crippen LogP contribution in [0.4, 0.5) is 0 Å². The van der Waals surface area contributed by atoms with Crippen LogP contribution in [-0.2, 0) is 0 Å². The third-order valence-electron chi connectivity index (χ3n) is 1.87. The van der Waals surface area contributed by atoms with Crippen molar-refractivity contribution in [3.63, 3.8) is 0 Å². The van der Waals surface area contributed by atoms with Crippen LogP contribution in [0.5, 0.6) is 0 Å². The minimum absolute atomic E-state index is 0.625. The van der Waals surface area contributed by atoms with Crippen LogP contribution < -0.4 is 0 Å². The van der Waals surface area contributed by atoms with Crippen molar-refractivity contribution in [2.45, 2.75) is 12.8 Å². The maximum absolute atomic E-state index is 5.93. The van der Waals surface area contributed by atoms with Gasteiger partial charge in [0.15, 0.2) is 0 Å². The van der Waals surface area contributed by atoms with Gasteiger partial charge in [0.25, 0.3) is 0 Å². The molecule has 3 heteroatoms. The maximum atomic E-state index is 5.93. The summed E-state index contributed by atoms with van der Waals surface area (Å²) in [7, 11) is 10.5. The first kappa shape index (κ1) is 10.5. The van der Waals surface area contributed by atoms with Gasteiger partial charge in [-0.3, -0.25) is 0 Å². The number of allylic oxidation sites excluding steroid dienone is 4. The SMILES string of the molecule is CS(Cl)(Cl)CCCC1C=CC=C1. The Bertz CT molecular complexity index is 179. The van der Waals surface area contributed by atoms with Crippen molar-refractivity contribution < 1.29 is 0 Å². The lowest BCUT2D eigenvalue weighted by Crippen LogP contribution is -1.94. The second-order valence-corrected chi connectivity index (χ2v) is 9.87. The van der Waals surface area contributed by atoms with Crippen LogP contribution in [0.15, 0.2) is 24.3 Å². The first-order valence-electron chi connectivity index (χ1n) is 4.08. The fourth-order valence-electron chi connectivity index (χ4n) is 1.24. The van der Waals surface area contributed by atoms with Gasteiger partial charge in [-0.25, -0.2) is 0 Å². The molecule has 0 heterocycles. The summed E-state index contributed by atoms with van der Waals surface area (Å²) >= 11 is 0. The van der Waals surface area contributed by atoms with Crippen LogP contribution in [-0.4, -0.2) is 12.0 Å². The molecule has 1 aliphatic rings. The molecule has 70 valence electrons. The lowest BCUT2D eigenvalue weighted by atomic mass is 10.1. The van der Waals surface area contributed by atoms with Gasteiger partial charge in [-0.05, 0) is 25.0 Å². The number of rotatable bonds is 4. The van der Waals surface area contributed by atoms with Gasteiger partial charge in [-0.15, -0.1) is 0 Å². The van der Waals surface area contributed by atoms with Crippen molar-refractivity contribution >= 4 is 29.8 Å². The van der Waals surface area contributed by atoms with Crippen molar-refractivity contribution in [3.8, 4) is 0 Å². The van der Waals surface area contributed by atoms with Crippen molar-refractivity contribution in [2.24, 2.45) is 5.92 Å². The van der Waals surface area contributed by atoms with E-state index in [4.69, 9.17) is 21.4 Å². The summed E-state index contributed by atoms with van der Waals surface area (Å²) in [5, 5.41) is 0. The normalized spacial score (nSPS) is 18.9.